The molecule has 0 spiro atoms. The van der Waals surface area contributed by atoms with Crippen LogP contribution in [0.3, 0.4) is 0 Å². The summed E-state index contributed by atoms with van der Waals surface area (Å²) in [4.78, 5) is 25.8. The van der Waals surface area contributed by atoms with Crippen molar-refractivity contribution in [2.24, 2.45) is 17.6 Å². The molecule has 1 fully saturated rings. The summed E-state index contributed by atoms with van der Waals surface area (Å²) < 4.78 is 4.93. The molecule has 2 atom stereocenters. The summed E-state index contributed by atoms with van der Waals surface area (Å²) in [6.07, 6.45) is 2.94. The Balaban J connectivity index is 2.70. The van der Waals surface area contributed by atoms with Gasteiger partial charge in [-0.05, 0) is 46.1 Å². The molecule has 2 N–H and O–H groups in total. The zero-order valence-electron chi connectivity index (χ0n) is 12.2. The molecule has 0 saturated heterocycles. The predicted octanol–water partition coefficient (Wildman–Crippen LogP) is 1.16. The van der Waals surface area contributed by atoms with Crippen molar-refractivity contribution in [2.45, 2.75) is 46.1 Å². The van der Waals surface area contributed by atoms with Crippen molar-refractivity contribution in [3.05, 3.63) is 0 Å². The van der Waals surface area contributed by atoms with E-state index in [0.717, 1.165) is 19.3 Å². The number of carbonyl (C=O) groups is 2. The molecule has 2 unspecified atom stereocenters. The highest BCUT2D eigenvalue weighted by atomic mass is 16.5. The van der Waals surface area contributed by atoms with Crippen LogP contribution in [0, 0.1) is 11.8 Å². The molecule has 110 valence electrons. The fourth-order valence-corrected chi connectivity index (χ4v) is 2.72. The summed E-state index contributed by atoms with van der Waals surface area (Å²) >= 11 is 0. The van der Waals surface area contributed by atoms with E-state index < -0.39 is 0 Å². The first-order chi connectivity index (χ1) is 9.01. The Morgan fingerprint density at radius 2 is 2.05 bits per heavy atom. The molecule has 5 heteroatoms. The van der Waals surface area contributed by atoms with Crippen molar-refractivity contribution < 1.29 is 14.3 Å². The van der Waals surface area contributed by atoms with Gasteiger partial charge in [0.05, 0.1) is 6.61 Å². The van der Waals surface area contributed by atoms with E-state index in [-0.39, 0.29) is 36.3 Å². The summed E-state index contributed by atoms with van der Waals surface area (Å²) in [6.45, 7) is 6.53. The average molecular weight is 270 g/mol. The molecule has 1 aliphatic carbocycles. The van der Waals surface area contributed by atoms with Gasteiger partial charge in [-0.25, -0.2) is 0 Å². The number of nitrogens with two attached hydrogens (primary N) is 1. The van der Waals surface area contributed by atoms with Crippen molar-refractivity contribution in [1.29, 1.82) is 0 Å². The van der Waals surface area contributed by atoms with Gasteiger partial charge in [-0.15, -0.1) is 0 Å². The van der Waals surface area contributed by atoms with E-state index in [9.17, 15) is 9.59 Å². The van der Waals surface area contributed by atoms with Gasteiger partial charge in [0.2, 0.25) is 5.91 Å². The Labute approximate surface area is 115 Å². The lowest BCUT2D eigenvalue weighted by Gasteiger charge is -2.30. The topological polar surface area (TPSA) is 72.6 Å². The van der Waals surface area contributed by atoms with E-state index in [1.807, 2.05) is 13.8 Å². The molecule has 0 aliphatic heterocycles. The van der Waals surface area contributed by atoms with Crippen LogP contribution in [0.4, 0.5) is 0 Å². The molecule has 0 aromatic rings. The third-order valence-corrected chi connectivity index (χ3v) is 3.79. The Morgan fingerprint density at radius 1 is 1.37 bits per heavy atom. The zero-order chi connectivity index (χ0) is 14.4. The van der Waals surface area contributed by atoms with Crippen molar-refractivity contribution in [3.63, 3.8) is 0 Å². The molecule has 1 amide bonds. The van der Waals surface area contributed by atoms with Crippen LogP contribution in [-0.2, 0) is 14.3 Å². The van der Waals surface area contributed by atoms with Crippen LogP contribution in [0.2, 0.25) is 0 Å². The summed E-state index contributed by atoms with van der Waals surface area (Å²) in [5.74, 6) is -0.0550. The minimum Gasteiger partial charge on any atom is -0.465 e. The maximum Gasteiger partial charge on any atom is 0.325 e. The van der Waals surface area contributed by atoms with E-state index in [4.69, 9.17) is 10.5 Å². The van der Waals surface area contributed by atoms with E-state index in [1.165, 1.54) is 0 Å². The van der Waals surface area contributed by atoms with Gasteiger partial charge < -0.3 is 15.4 Å². The average Bonchev–Trinajstić information content (AvgIpc) is 2.83. The molecular formula is C14H26N2O3. The van der Waals surface area contributed by atoms with Gasteiger partial charge in [-0.2, -0.15) is 0 Å². The van der Waals surface area contributed by atoms with Crippen LogP contribution >= 0.6 is 0 Å². The number of ether oxygens (including phenoxy) is 1. The molecule has 19 heavy (non-hydrogen) atoms. The fraction of sp³-hybridized carbons (Fsp3) is 0.857. The Kier molecular flexibility index (Phi) is 6.28. The summed E-state index contributed by atoms with van der Waals surface area (Å²) in [6, 6.07) is -0.00377. The lowest BCUT2D eigenvalue weighted by molar-refractivity contribution is -0.152. The van der Waals surface area contributed by atoms with Crippen LogP contribution in [0.25, 0.3) is 0 Å². The molecule has 1 aliphatic rings. The Hall–Kier alpha value is -1.10. The van der Waals surface area contributed by atoms with Crippen molar-refractivity contribution in [2.75, 3.05) is 19.7 Å². The van der Waals surface area contributed by atoms with Crippen LogP contribution < -0.4 is 5.73 Å². The molecule has 1 rings (SSSR count). The van der Waals surface area contributed by atoms with E-state index in [1.54, 1.807) is 11.8 Å². The Bertz CT molecular complexity index is 318. The highest BCUT2D eigenvalue weighted by Gasteiger charge is 2.36. The number of hydrogen-bond donors (Lipinski definition) is 1. The third-order valence-electron chi connectivity index (χ3n) is 3.79. The quantitative estimate of drug-likeness (QED) is 0.735. The van der Waals surface area contributed by atoms with Crippen LogP contribution in [0.15, 0.2) is 0 Å². The lowest BCUT2D eigenvalue weighted by Crippen LogP contribution is -2.45. The summed E-state index contributed by atoms with van der Waals surface area (Å²) in [5, 5.41) is 0. The van der Waals surface area contributed by atoms with E-state index in [2.05, 4.69) is 0 Å². The highest BCUT2D eigenvalue weighted by molar-refractivity contribution is 5.84. The standard InChI is InChI=1S/C14H26N2O3/c1-4-19-13(17)9-16(10(2)3)14(18)12-7-5-6-11(12)8-15/h10-12H,4-9,15H2,1-3H3. The van der Waals surface area contributed by atoms with Crippen LogP contribution in [-0.4, -0.2) is 42.5 Å². The maximum atomic E-state index is 12.6. The number of amides is 1. The first-order valence-electron chi connectivity index (χ1n) is 7.17. The molecule has 1 saturated carbocycles. The minimum atomic E-state index is -0.341. The lowest BCUT2D eigenvalue weighted by atomic mass is 9.94. The first kappa shape index (κ1) is 16.0. The largest absolute Gasteiger partial charge is 0.465 e. The molecular weight excluding hydrogens is 244 g/mol. The second-order valence-electron chi connectivity index (χ2n) is 5.40. The van der Waals surface area contributed by atoms with Crippen molar-refractivity contribution in [1.82, 2.24) is 4.90 Å². The smallest absolute Gasteiger partial charge is 0.325 e. The SMILES string of the molecule is CCOC(=O)CN(C(=O)C1CCCC1CN)C(C)C. The number of rotatable bonds is 6. The molecule has 0 heterocycles. The third kappa shape index (κ3) is 4.20. The summed E-state index contributed by atoms with van der Waals surface area (Å²) in [5.41, 5.74) is 5.72. The van der Waals surface area contributed by atoms with Gasteiger partial charge in [0, 0.05) is 12.0 Å². The molecule has 0 radical (unpaired) electrons. The minimum absolute atomic E-state index is 0.00377. The first-order valence-corrected chi connectivity index (χ1v) is 7.17. The van der Waals surface area contributed by atoms with Crippen LogP contribution in [0.5, 0.6) is 0 Å². The van der Waals surface area contributed by atoms with Crippen LogP contribution in [0.1, 0.15) is 40.0 Å². The summed E-state index contributed by atoms with van der Waals surface area (Å²) in [7, 11) is 0. The van der Waals surface area contributed by atoms with Gasteiger partial charge in [0.25, 0.3) is 0 Å². The van der Waals surface area contributed by atoms with E-state index >= 15 is 0 Å². The monoisotopic (exact) mass is 270 g/mol. The predicted molar refractivity (Wildman–Crippen MR) is 73.4 cm³/mol. The fourth-order valence-electron chi connectivity index (χ4n) is 2.72. The van der Waals surface area contributed by atoms with Gasteiger partial charge >= 0.3 is 5.97 Å². The second kappa shape index (κ2) is 7.48. The van der Waals surface area contributed by atoms with Gasteiger partial charge in [0.1, 0.15) is 6.54 Å². The zero-order valence-corrected chi connectivity index (χ0v) is 12.2. The molecule has 5 nitrogen and oxygen atoms in total. The number of hydrogen-bond acceptors (Lipinski definition) is 4. The van der Waals surface area contributed by atoms with E-state index in [0.29, 0.717) is 13.2 Å². The Morgan fingerprint density at radius 3 is 2.58 bits per heavy atom. The van der Waals surface area contributed by atoms with Gasteiger partial charge in [-0.1, -0.05) is 6.42 Å². The number of nitrogens with zero attached hydrogens (tertiary/aromatic N) is 1. The molecule has 0 aromatic carbocycles. The highest BCUT2D eigenvalue weighted by Crippen LogP contribution is 2.32. The molecule has 0 aromatic heterocycles. The van der Waals surface area contributed by atoms with Gasteiger partial charge in [-0.3, -0.25) is 9.59 Å². The maximum absolute atomic E-state index is 12.6. The number of esters is 1. The normalized spacial score (nSPS) is 22.6. The molecule has 0 bridgehead atoms. The van der Waals surface area contributed by atoms with Crippen molar-refractivity contribution >= 4 is 11.9 Å². The van der Waals surface area contributed by atoms with Crippen molar-refractivity contribution in [3.8, 4) is 0 Å². The second-order valence-corrected chi connectivity index (χ2v) is 5.40. The van der Waals surface area contributed by atoms with Gasteiger partial charge in [0.15, 0.2) is 0 Å². The number of carbonyl (C=O) groups excluding carboxylic acids is 2.